The molecule has 0 spiro atoms. The Bertz CT molecular complexity index is 389. The zero-order valence-electron chi connectivity index (χ0n) is 11.4. The molecule has 2 unspecified atom stereocenters. The number of ether oxygens (including phenoxy) is 1. The normalized spacial score (nSPS) is 25.3. The zero-order chi connectivity index (χ0) is 14.3. The molecule has 106 valence electrons. The van der Waals surface area contributed by atoms with Crippen molar-refractivity contribution in [2.24, 2.45) is 5.92 Å². The smallest absolute Gasteiger partial charge is 0.313 e. The van der Waals surface area contributed by atoms with Crippen LogP contribution in [0.25, 0.3) is 0 Å². The molecule has 0 bridgehead atoms. The number of aliphatic carboxylic acids is 1. The van der Waals surface area contributed by atoms with Gasteiger partial charge in [0.1, 0.15) is 5.92 Å². The van der Waals surface area contributed by atoms with Gasteiger partial charge < -0.3 is 15.2 Å². The SMILES string of the molecule is CCOCCCC(=O)NC1(C)C=CC=CC1C(=O)O. The number of carbonyl (C=O) groups is 2. The van der Waals surface area contributed by atoms with Crippen LogP contribution in [0.3, 0.4) is 0 Å². The van der Waals surface area contributed by atoms with E-state index >= 15 is 0 Å². The molecule has 0 heterocycles. The van der Waals surface area contributed by atoms with Crippen LogP contribution < -0.4 is 5.32 Å². The Kier molecular flexibility index (Phi) is 5.76. The third kappa shape index (κ3) is 4.52. The van der Waals surface area contributed by atoms with Crippen molar-refractivity contribution in [3.05, 3.63) is 24.3 Å². The van der Waals surface area contributed by atoms with E-state index in [9.17, 15) is 14.7 Å². The fraction of sp³-hybridized carbons (Fsp3) is 0.571. The van der Waals surface area contributed by atoms with Crippen LogP contribution in [-0.4, -0.2) is 35.7 Å². The molecule has 1 aliphatic rings. The van der Waals surface area contributed by atoms with E-state index in [1.165, 1.54) is 0 Å². The number of carbonyl (C=O) groups excluding carboxylic acids is 1. The highest BCUT2D eigenvalue weighted by molar-refractivity contribution is 5.81. The minimum atomic E-state index is -0.947. The predicted molar refractivity (Wildman–Crippen MR) is 71.7 cm³/mol. The zero-order valence-corrected chi connectivity index (χ0v) is 11.4. The molecule has 5 nitrogen and oxygen atoms in total. The Morgan fingerprint density at radius 2 is 2.16 bits per heavy atom. The monoisotopic (exact) mass is 267 g/mol. The van der Waals surface area contributed by atoms with Gasteiger partial charge in [-0.25, -0.2) is 0 Å². The second kappa shape index (κ2) is 7.09. The summed E-state index contributed by atoms with van der Waals surface area (Å²) in [6.07, 6.45) is 7.70. The van der Waals surface area contributed by atoms with E-state index in [-0.39, 0.29) is 5.91 Å². The van der Waals surface area contributed by atoms with Gasteiger partial charge in [0.25, 0.3) is 0 Å². The van der Waals surface area contributed by atoms with Gasteiger partial charge in [-0.05, 0) is 20.3 Å². The van der Waals surface area contributed by atoms with Crippen molar-refractivity contribution in [1.29, 1.82) is 0 Å². The molecule has 1 amide bonds. The highest BCUT2D eigenvalue weighted by Crippen LogP contribution is 2.24. The van der Waals surface area contributed by atoms with Crippen LogP contribution in [0.2, 0.25) is 0 Å². The van der Waals surface area contributed by atoms with E-state index in [0.29, 0.717) is 26.1 Å². The van der Waals surface area contributed by atoms with E-state index in [0.717, 1.165) is 0 Å². The van der Waals surface area contributed by atoms with Crippen molar-refractivity contribution in [2.75, 3.05) is 13.2 Å². The Balaban J connectivity index is 2.53. The number of nitrogens with one attached hydrogen (secondary N) is 1. The number of carboxylic acids is 1. The molecule has 0 aromatic heterocycles. The first-order valence-electron chi connectivity index (χ1n) is 6.47. The third-order valence-electron chi connectivity index (χ3n) is 3.07. The minimum Gasteiger partial charge on any atom is -0.481 e. The molecule has 0 aromatic rings. The van der Waals surface area contributed by atoms with Gasteiger partial charge >= 0.3 is 5.97 Å². The molecule has 0 fully saturated rings. The number of allylic oxidation sites excluding steroid dienone is 2. The number of hydrogen-bond acceptors (Lipinski definition) is 3. The van der Waals surface area contributed by atoms with Crippen LogP contribution in [0.4, 0.5) is 0 Å². The van der Waals surface area contributed by atoms with Crippen LogP contribution in [0, 0.1) is 5.92 Å². The van der Waals surface area contributed by atoms with Gasteiger partial charge in [0.05, 0.1) is 5.54 Å². The fourth-order valence-electron chi connectivity index (χ4n) is 2.03. The summed E-state index contributed by atoms with van der Waals surface area (Å²) < 4.78 is 5.16. The summed E-state index contributed by atoms with van der Waals surface area (Å²) in [5, 5.41) is 12.0. The van der Waals surface area contributed by atoms with Crippen LogP contribution in [0.1, 0.15) is 26.7 Å². The Hall–Kier alpha value is -1.62. The van der Waals surface area contributed by atoms with Gasteiger partial charge in [-0.1, -0.05) is 24.3 Å². The lowest BCUT2D eigenvalue weighted by molar-refractivity contribution is -0.142. The summed E-state index contributed by atoms with van der Waals surface area (Å²) in [6.45, 7) is 4.79. The first-order valence-corrected chi connectivity index (χ1v) is 6.47. The summed E-state index contributed by atoms with van der Waals surface area (Å²) in [6, 6.07) is 0. The summed E-state index contributed by atoms with van der Waals surface area (Å²) in [5.74, 6) is -1.85. The van der Waals surface area contributed by atoms with Crippen molar-refractivity contribution >= 4 is 11.9 Å². The van der Waals surface area contributed by atoms with E-state index in [2.05, 4.69) is 5.32 Å². The quantitative estimate of drug-likeness (QED) is 0.685. The average Bonchev–Trinajstić information content (AvgIpc) is 2.34. The van der Waals surface area contributed by atoms with E-state index in [1.807, 2.05) is 6.92 Å². The van der Waals surface area contributed by atoms with Gasteiger partial charge in [0, 0.05) is 19.6 Å². The highest BCUT2D eigenvalue weighted by atomic mass is 16.5. The molecule has 1 rings (SSSR count). The van der Waals surface area contributed by atoms with Crippen molar-refractivity contribution in [1.82, 2.24) is 5.32 Å². The Labute approximate surface area is 113 Å². The van der Waals surface area contributed by atoms with Gasteiger partial charge in [-0.2, -0.15) is 0 Å². The molecule has 2 atom stereocenters. The fourth-order valence-corrected chi connectivity index (χ4v) is 2.03. The topological polar surface area (TPSA) is 75.6 Å². The van der Waals surface area contributed by atoms with Gasteiger partial charge in [-0.15, -0.1) is 0 Å². The maximum Gasteiger partial charge on any atom is 0.313 e. The predicted octanol–water partition coefficient (Wildman–Crippen LogP) is 1.50. The molecular formula is C14H21NO4. The second-order valence-electron chi connectivity index (χ2n) is 4.69. The minimum absolute atomic E-state index is 0.159. The molecule has 2 N–H and O–H groups in total. The number of hydrogen-bond donors (Lipinski definition) is 2. The van der Waals surface area contributed by atoms with Crippen LogP contribution in [0.15, 0.2) is 24.3 Å². The second-order valence-corrected chi connectivity index (χ2v) is 4.69. The van der Waals surface area contributed by atoms with Crippen LogP contribution in [-0.2, 0) is 14.3 Å². The molecule has 0 aromatic carbocycles. The molecule has 0 saturated heterocycles. The maximum absolute atomic E-state index is 11.8. The molecule has 5 heteroatoms. The van der Waals surface area contributed by atoms with Crippen molar-refractivity contribution < 1.29 is 19.4 Å². The first-order chi connectivity index (χ1) is 8.99. The van der Waals surface area contributed by atoms with Crippen LogP contribution in [0.5, 0.6) is 0 Å². The number of carboxylic acid groups (broad SMARTS) is 1. The molecule has 1 aliphatic carbocycles. The van der Waals surface area contributed by atoms with Gasteiger partial charge in [-0.3, -0.25) is 9.59 Å². The lowest BCUT2D eigenvalue weighted by Crippen LogP contribution is -2.52. The van der Waals surface area contributed by atoms with E-state index in [1.54, 1.807) is 31.2 Å². The Morgan fingerprint density at radius 3 is 2.79 bits per heavy atom. The summed E-state index contributed by atoms with van der Waals surface area (Å²) in [5.41, 5.74) is -0.872. The average molecular weight is 267 g/mol. The molecule has 0 saturated carbocycles. The lowest BCUT2D eigenvalue weighted by Gasteiger charge is -2.33. The molecular weight excluding hydrogens is 246 g/mol. The van der Waals surface area contributed by atoms with Crippen molar-refractivity contribution in [3.8, 4) is 0 Å². The van der Waals surface area contributed by atoms with Gasteiger partial charge in [0.15, 0.2) is 0 Å². The van der Waals surface area contributed by atoms with Gasteiger partial charge in [0.2, 0.25) is 5.91 Å². The van der Waals surface area contributed by atoms with Crippen LogP contribution >= 0.6 is 0 Å². The van der Waals surface area contributed by atoms with Crippen molar-refractivity contribution in [2.45, 2.75) is 32.2 Å². The van der Waals surface area contributed by atoms with Crippen molar-refractivity contribution in [3.63, 3.8) is 0 Å². The maximum atomic E-state index is 11.8. The molecule has 19 heavy (non-hydrogen) atoms. The standard InChI is InChI=1S/C14H21NO4/c1-3-19-10-6-8-12(16)15-14(2)9-5-4-7-11(14)13(17)18/h4-5,7,9,11H,3,6,8,10H2,1-2H3,(H,15,16)(H,17,18). The molecule has 0 aliphatic heterocycles. The summed E-state index contributed by atoms with van der Waals surface area (Å²) in [4.78, 5) is 23.0. The summed E-state index contributed by atoms with van der Waals surface area (Å²) >= 11 is 0. The first kappa shape index (κ1) is 15.4. The van der Waals surface area contributed by atoms with E-state index in [4.69, 9.17) is 4.74 Å². The Morgan fingerprint density at radius 1 is 1.42 bits per heavy atom. The molecule has 0 radical (unpaired) electrons. The largest absolute Gasteiger partial charge is 0.481 e. The lowest BCUT2D eigenvalue weighted by atomic mass is 9.82. The number of amides is 1. The third-order valence-corrected chi connectivity index (χ3v) is 3.07. The van der Waals surface area contributed by atoms with E-state index < -0.39 is 17.4 Å². The summed E-state index contributed by atoms with van der Waals surface area (Å²) in [7, 11) is 0. The number of rotatable bonds is 7. The highest BCUT2D eigenvalue weighted by Gasteiger charge is 2.37.